The molecule has 104 valence electrons. The molecule has 2 nitrogen and oxygen atoms in total. The normalized spacial score (nSPS) is 11.6. The maximum Gasteiger partial charge on any atom is 0.00385 e. The fourth-order valence-electron chi connectivity index (χ4n) is 2.11. The van der Waals surface area contributed by atoms with E-state index in [9.17, 15) is 0 Å². The number of hydrogen-bond donors (Lipinski definition) is 1. The molecule has 0 rings (SSSR count). The maximum absolute atomic E-state index is 3.39. The molecule has 0 aliphatic carbocycles. The van der Waals surface area contributed by atoms with Crippen molar-refractivity contribution < 1.29 is 0 Å². The quantitative estimate of drug-likeness (QED) is 0.525. The molecule has 0 radical (unpaired) electrons. The van der Waals surface area contributed by atoms with Crippen molar-refractivity contribution in [3.05, 3.63) is 0 Å². The highest BCUT2D eigenvalue weighted by molar-refractivity contribution is 4.63. The van der Waals surface area contributed by atoms with Crippen molar-refractivity contribution >= 4 is 0 Å². The fourth-order valence-corrected chi connectivity index (χ4v) is 2.11. The van der Waals surface area contributed by atoms with Gasteiger partial charge >= 0.3 is 0 Å². The van der Waals surface area contributed by atoms with Gasteiger partial charge in [-0.1, -0.05) is 33.1 Å². The second kappa shape index (κ2) is 12.4. The van der Waals surface area contributed by atoms with E-state index in [1.165, 1.54) is 58.2 Å². The van der Waals surface area contributed by atoms with Crippen molar-refractivity contribution in [2.24, 2.45) is 0 Å². The lowest BCUT2D eigenvalue weighted by Crippen LogP contribution is -2.32. The van der Waals surface area contributed by atoms with Gasteiger partial charge in [-0.05, 0) is 59.3 Å². The molecule has 0 heterocycles. The fraction of sp³-hybridized carbons (Fsp3) is 1.00. The molecule has 1 N–H and O–H groups in total. The molecule has 0 aliphatic heterocycles. The van der Waals surface area contributed by atoms with Crippen LogP contribution in [-0.4, -0.2) is 37.1 Å². The van der Waals surface area contributed by atoms with E-state index >= 15 is 0 Å². The summed E-state index contributed by atoms with van der Waals surface area (Å²) in [7, 11) is 0. The molecule has 0 unspecified atom stereocenters. The highest BCUT2D eigenvalue weighted by atomic mass is 15.1. The molecule has 0 fully saturated rings. The molecule has 0 saturated carbocycles. The van der Waals surface area contributed by atoms with Crippen molar-refractivity contribution in [1.29, 1.82) is 0 Å². The number of unbranched alkanes of at least 4 members (excludes halogenated alkanes) is 4. The summed E-state index contributed by atoms with van der Waals surface area (Å²) in [5.41, 5.74) is 0. The zero-order valence-corrected chi connectivity index (χ0v) is 12.6. The predicted molar refractivity (Wildman–Crippen MR) is 78.6 cm³/mol. The van der Waals surface area contributed by atoms with Crippen LogP contribution in [0.3, 0.4) is 0 Å². The lowest BCUT2D eigenvalue weighted by atomic mass is 10.2. The van der Waals surface area contributed by atoms with Crippen LogP contribution in [0.5, 0.6) is 0 Å². The van der Waals surface area contributed by atoms with Gasteiger partial charge in [0.05, 0.1) is 0 Å². The molecular formula is C15H34N2. The van der Waals surface area contributed by atoms with E-state index in [0.29, 0.717) is 6.04 Å². The second-order valence-corrected chi connectivity index (χ2v) is 5.25. The lowest BCUT2D eigenvalue weighted by Gasteiger charge is -2.26. The van der Waals surface area contributed by atoms with Crippen LogP contribution in [0.4, 0.5) is 0 Å². The van der Waals surface area contributed by atoms with E-state index in [1.54, 1.807) is 0 Å². The first-order chi connectivity index (χ1) is 8.22. The van der Waals surface area contributed by atoms with Crippen LogP contribution in [0.15, 0.2) is 0 Å². The second-order valence-electron chi connectivity index (χ2n) is 5.25. The Morgan fingerprint density at radius 2 is 1.53 bits per heavy atom. The summed E-state index contributed by atoms with van der Waals surface area (Å²) in [5.74, 6) is 0. The van der Waals surface area contributed by atoms with Gasteiger partial charge in [0, 0.05) is 6.04 Å². The third-order valence-corrected chi connectivity index (χ3v) is 3.33. The average molecular weight is 242 g/mol. The molecule has 0 aliphatic rings. The Balaban J connectivity index is 3.49. The van der Waals surface area contributed by atoms with Crippen LogP contribution in [0.2, 0.25) is 0 Å². The van der Waals surface area contributed by atoms with Crippen molar-refractivity contribution in [2.75, 3.05) is 26.2 Å². The van der Waals surface area contributed by atoms with E-state index in [2.05, 4.69) is 37.9 Å². The van der Waals surface area contributed by atoms with E-state index < -0.39 is 0 Å². The van der Waals surface area contributed by atoms with Gasteiger partial charge in [0.15, 0.2) is 0 Å². The molecule has 0 saturated heterocycles. The first-order valence-corrected chi connectivity index (χ1v) is 7.67. The van der Waals surface area contributed by atoms with Crippen LogP contribution >= 0.6 is 0 Å². The summed E-state index contributed by atoms with van der Waals surface area (Å²) in [5, 5.41) is 3.39. The van der Waals surface area contributed by atoms with E-state index in [0.717, 1.165) is 6.54 Å². The van der Waals surface area contributed by atoms with E-state index in [1.807, 2.05) is 0 Å². The number of nitrogens with one attached hydrogen (secondary N) is 1. The Bertz CT molecular complexity index is 146. The van der Waals surface area contributed by atoms with Gasteiger partial charge in [-0.25, -0.2) is 0 Å². The van der Waals surface area contributed by atoms with Crippen LogP contribution in [0.25, 0.3) is 0 Å². The van der Waals surface area contributed by atoms with Gasteiger partial charge in [0.1, 0.15) is 0 Å². The largest absolute Gasteiger partial charge is 0.317 e. The van der Waals surface area contributed by atoms with Crippen LogP contribution in [0, 0.1) is 0 Å². The minimum atomic E-state index is 0.709. The highest BCUT2D eigenvalue weighted by Crippen LogP contribution is 2.06. The van der Waals surface area contributed by atoms with Gasteiger partial charge in [0.2, 0.25) is 0 Å². The Kier molecular flexibility index (Phi) is 12.3. The Morgan fingerprint density at radius 1 is 0.882 bits per heavy atom. The third kappa shape index (κ3) is 10.8. The van der Waals surface area contributed by atoms with Crippen molar-refractivity contribution in [3.8, 4) is 0 Å². The number of hydrogen-bond acceptors (Lipinski definition) is 2. The molecule has 0 aromatic heterocycles. The third-order valence-electron chi connectivity index (χ3n) is 3.33. The Hall–Kier alpha value is -0.0800. The summed E-state index contributed by atoms with van der Waals surface area (Å²) in [6.07, 6.45) is 8.12. The summed E-state index contributed by atoms with van der Waals surface area (Å²) in [6, 6.07) is 0.709. The van der Waals surface area contributed by atoms with Gasteiger partial charge < -0.3 is 10.2 Å². The molecule has 0 aromatic rings. The molecule has 2 heteroatoms. The van der Waals surface area contributed by atoms with Crippen LogP contribution in [0.1, 0.15) is 66.2 Å². The average Bonchev–Trinajstić information content (AvgIpc) is 2.31. The monoisotopic (exact) mass is 242 g/mol. The molecule has 17 heavy (non-hydrogen) atoms. The summed E-state index contributed by atoms with van der Waals surface area (Å²) >= 11 is 0. The molecule has 0 amide bonds. The van der Waals surface area contributed by atoms with Crippen molar-refractivity contribution in [2.45, 2.75) is 72.3 Å². The molecule has 0 aromatic carbocycles. The van der Waals surface area contributed by atoms with Crippen molar-refractivity contribution in [1.82, 2.24) is 10.2 Å². The standard InChI is InChI=1S/C15H34N2/c1-5-7-10-13-17(15(3)4)14-11-8-9-12-16-6-2/h15-16H,5-14H2,1-4H3. The first-order valence-electron chi connectivity index (χ1n) is 7.67. The molecular weight excluding hydrogens is 208 g/mol. The van der Waals surface area contributed by atoms with E-state index in [-0.39, 0.29) is 0 Å². The Morgan fingerprint density at radius 3 is 2.06 bits per heavy atom. The smallest absolute Gasteiger partial charge is 0.00385 e. The van der Waals surface area contributed by atoms with Gasteiger partial charge in [0.25, 0.3) is 0 Å². The summed E-state index contributed by atoms with van der Waals surface area (Å²) < 4.78 is 0. The summed E-state index contributed by atoms with van der Waals surface area (Å²) in [6.45, 7) is 14.0. The molecule has 0 spiro atoms. The topological polar surface area (TPSA) is 15.3 Å². The minimum Gasteiger partial charge on any atom is -0.317 e. The van der Waals surface area contributed by atoms with Gasteiger partial charge in [-0.2, -0.15) is 0 Å². The lowest BCUT2D eigenvalue weighted by molar-refractivity contribution is 0.212. The zero-order chi connectivity index (χ0) is 12.9. The molecule has 0 bridgehead atoms. The van der Waals surface area contributed by atoms with Crippen LogP contribution in [-0.2, 0) is 0 Å². The SMILES string of the molecule is CCCCCN(CCCCCNCC)C(C)C. The predicted octanol–water partition coefficient (Wildman–Crippen LogP) is 3.67. The van der Waals surface area contributed by atoms with Gasteiger partial charge in [-0.15, -0.1) is 0 Å². The van der Waals surface area contributed by atoms with Crippen LogP contribution < -0.4 is 5.32 Å². The highest BCUT2D eigenvalue weighted by Gasteiger charge is 2.07. The first kappa shape index (κ1) is 16.9. The Labute approximate surface area is 109 Å². The maximum atomic E-state index is 3.39. The van der Waals surface area contributed by atoms with Crippen molar-refractivity contribution in [3.63, 3.8) is 0 Å². The minimum absolute atomic E-state index is 0.709. The van der Waals surface area contributed by atoms with Gasteiger partial charge in [-0.3, -0.25) is 0 Å². The number of rotatable bonds is 12. The zero-order valence-electron chi connectivity index (χ0n) is 12.6. The molecule has 0 atom stereocenters. The number of nitrogens with zero attached hydrogens (tertiary/aromatic N) is 1. The summed E-state index contributed by atoms with van der Waals surface area (Å²) in [4.78, 5) is 2.64. The van der Waals surface area contributed by atoms with E-state index in [4.69, 9.17) is 0 Å².